The molecular formula is C14H23N2+. The minimum atomic E-state index is 0.919. The quantitative estimate of drug-likeness (QED) is 0.773. The van der Waals surface area contributed by atoms with E-state index in [1.807, 2.05) is 0 Å². The molecule has 1 aromatic rings. The van der Waals surface area contributed by atoms with Crippen LogP contribution in [0.1, 0.15) is 32.3 Å². The minimum Gasteiger partial charge on any atom is -0.372 e. The molecule has 0 saturated heterocycles. The Kier molecular flexibility index (Phi) is 3.83. The molecule has 2 nitrogen and oxygen atoms in total. The van der Waals surface area contributed by atoms with Crippen molar-refractivity contribution >= 4 is 5.69 Å². The van der Waals surface area contributed by atoms with Crippen LogP contribution in [0.15, 0.2) is 24.3 Å². The molecule has 16 heavy (non-hydrogen) atoms. The average molecular weight is 219 g/mol. The molecule has 0 bridgehead atoms. The molecule has 2 N–H and O–H groups in total. The number of hydrogen-bond donors (Lipinski definition) is 1. The molecule has 88 valence electrons. The van der Waals surface area contributed by atoms with Gasteiger partial charge in [0.2, 0.25) is 0 Å². The number of anilines is 1. The van der Waals surface area contributed by atoms with Gasteiger partial charge in [0.25, 0.3) is 0 Å². The summed E-state index contributed by atoms with van der Waals surface area (Å²) >= 11 is 0. The predicted molar refractivity (Wildman–Crippen MR) is 68.7 cm³/mol. The summed E-state index contributed by atoms with van der Waals surface area (Å²) in [5.74, 6) is 0. The highest BCUT2D eigenvalue weighted by molar-refractivity contribution is 5.47. The average Bonchev–Trinajstić information content (AvgIpc) is 3.13. The van der Waals surface area contributed by atoms with Crippen LogP contribution in [-0.2, 0) is 6.54 Å². The minimum absolute atomic E-state index is 0.919. The first-order valence-electron chi connectivity index (χ1n) is 6.50. The molecule has 0 radical (unpaired) electrons. The SMILES string of the molecule is CCN(CC)c1ccc(C[NH2+]C2CC2)cc1. The molecule has 1 aliphatic rings. The van der Waals surface area contributed by atoms with Crippen molar-refractivity contribution in [2.75, 3.05) is 18.0 Å². The summed E-state index contributed by atoms with van der Waals surface area (Å²) in [7, 11) is 0. The van der Waals surface area contributed by atoms with Crippen LogP contribution in [0.3, 0.4) is 0 Å². The van der Waals surface area contributed by atoms with Gasteiger partial charge in [0.05, 0.1) is 6.04 Å². The number of nitrogens with two attached hydrogens (primary N) is 1. The summed E-state index contributed by atoms with van der Waals surface area (Å²) < 4.78 is 0. The first-order valence-corrected chi connectivity index (χ1v) is 6.50. The van der Waals surface area contributed by atoms with Gasteiger partial charge < -0.3 is 10.2 Å². The van der Waals surface area contributed by atoms with Crippen LogP contribution >= 0.6 is 0 Å². The fourth-order valence-electron chi connectivity index (χ4n) is 2.07. The smallest absolute Gasteiger partial charge is 0.101 e. The van der Waals surface area contributed by atoms with Crippen LogP contribution < -0.4 is 10.2 Å². The molecule has 0 aromatic heterocycles. The lowest BCUT2D eigenvalue weighted by Gasteiger charge is -2.20. The zero-order valence-corrected chi connectivity index (χ0v) is 10.4. The lowest BCUT2D eigenvalue weighted by Crippen LogP contribution is -2.84. The number of hydrogen-bond acceptors (Lipinski definition) is 1. The lowest BCUT2D eigenvalue weighted by atomic mass is 10.2. The van der Waals surface area contributed by atoms with Gasteiger partial charge in [0.1, 0.15) is 6.54 Å². The van der Waals surface area contributed by atoms with E-state index in [-0.39, 0.29) is 0 Å². The van der Waals surface area contributed by atoms with Gasteiger partial charge in [-0.2, -0.15) is 0 Å². The summed E-state index contributed by atoms with van der Waals surface area (Å²) in [6.07, 6.45) is 2.83. The van der Waals surface area contributed by atoms with Crippen LogP contribution in [0.25, 0.3) is 0 Å². The highest BCUT2D eigenvalue weighted by atomic mass is 15.1. The first kappa shape index (κ1) is 11.5. The van der Waals surface area contributed by atoms with Crippen molar-refractivity contribution < 1.29 is 5.32 Å². The zero-order chi connectivity index (χ0) is 11.4. The Morgan fingerprint density at radius 1 is 1.12 bits per heavy atom. The molecule has 0 amide bonds. The molecule has 0 aliphatic heterocycles. The Hall–Kier alpha value is -1.02. The standard InChI is InChI=1S/C14H22N2/c1-3-16(4-2)14-9-5-12(6-10-14)11-15-13-7-8-13/h5-6,9-10,13,15H,3-4,7-8,11H2,1-2H3/p+1. The topological polar surface area (TPSA) is 19.9 Å². The van der Waals surface area contributed by atoms with Crippen LogP contribution in [0.2, 0.25) is 0 Å². The van der Waals surface area contributed by atoms with E-state index in [9.17, 15) is 0 Å². The molecule has 1 aromatic carbocycles. The van der Waals surface area contributed by atoms with Crippen molar-refractivity contribution in [3.05, 3.63) is 29.8 Å². The summed E-state index contributed by atoms with van der Waals surface area (Å²) in [4.78, 5) is 2.38. The largest absolute Gasteiger partial charge is 0.372 e. The van der Waals surface area contributed by atoms with Crippen molar-refractivity contribution in [2.45, 2.75) is 39.3 Å². The van der Waals surface area contributed by atoms with Gasteiger partial charge in [-0.1, -0.05) is 12.1 Å². The molecule has 0 spiro atoms. The Morgan fingerprint density at radius 3 is 2.25 bits per heavy atom. The van der Waals surface area contributed by atoms with E-state index in [1.54, 1.807) is 0 Å². The Labute approximate surface area is 98.7 Å². The van der Waals surface area contributed by atoms with E-state index in [0.717, 1.165) is 25.7 Å². The number of benzene rings is 1. The highest BCUT2D eigenvalue weighted by Crippen LogP contribution is 2.16. The van der Waals surface area contributed by atoms with E-state index in [2.05, 4.69) is 48.3 Å². The molecule has 1 aliphatic carbocycles. The number of rotatable bonds is 6. The molecular weight excluding hydrogens is 196 g/mol. The van der Waals surface area contributed by atoms with Crippen molar-refractivity contribution in [3.63, 3.8) is 0 Å². The molecule has 0 atom stereocenters. The summed E-state index contributed by atoms with van der Waals surface area (Å²) in [5.41, 5.74) is 2.79. The van der Waals surface area contributed by atoms with Gasteiger partial charge in [0.15, 0.2) is 0 Å². The second-order valence-corrected chi connectivity index (χ2v) is 4.62. The van der Waals surface area contributed by atoms with E-state index >= 15 is 0 Å². The van der Waals surface area contributed by atoms with Gasteiger partial charge in [0, 0.05) is 37.2 Å². The fraction of sp³-hybridized carbons (Fsp3) is 0.571. The second-order valence-electron chi connectivity index (χ2n) is 4.62. The maximum atomic E-state index is 2.46. The Morgan fingerprint density at radius 2 is 1.75 bits per heavy atom. The molecule has 1 fully saturated rings. The molecule has 0 heterocycles. The third kappa shape index (κ3) is 2.99. The van der Waals surface area contributed by atoms with Gasteiger partial charge >= 0.3 is 0 Å². The van der Waals surface area contributed by atoms with E-state index in [1.165, 1.54) is 24.1 Å². The third-order valence-corrected chi connectivity index (χ3v) is 3.37. The van der Waals surface area contributed by atoms with Crippen LogP contribution in [0.5, 0.6) is 0 Å². The fourth-order valence-corrected chi connectivity index (χ4v) is 2.07. The van der Waals surface area contributed by atoms with Gasteiger partial charge in [-0.05, 0) is 26.0 Å². The molecule has 0 unspecified atom stereocenters. The van der Waals surface area contributed by atoms with Gasteiger partial charge in [-0.25, -0.2) is 0 Å². The van der Waals surface area contributed by atoms with E-state index < -0.39 is 0 Å². The van der Waals surface area contributed by atoms with Crippen molar-refractivity contribution in [1.29, 1.82) is 0 Å². The Balaban J connectivity index is 1.91. The summed E-state index contributed by atoms with van der Waals surface area (Å²) in [6, 6.07) is 9.97. The summed E-state index contributed by atoms with van der Waals surface area (Å²) in [6.45, 7) is 7.73. The third-order valence-electron chi connectivity index (χ3n) is 3.37. The van der Waals surface area contributed by atoms with Gasteiger partial charge in [-0.15, -0.1) is 0 Å². The molecule has 2 heteroatoms. The van der Waals surface area contributed by atoms with Crippen LogP contribution in [0.4, 0.5) is 5.69 Å². The second kappa shape index (κ2) is 5.35. The first-order chi connectivity index (χ1) is 7.83. The monoisotopic (exact) mass is 219 g/mol. The van der Waals surface area contributed by atoms with Crippen molar-refractivity contribution in [2.24, 2.45) is 0 Å². The molecule has 2 rings (SSSR count). The van der Waals surface area contributed by atoms with E-state index in [0.29, 0.717) is 0 Å². The number of nitrogens with zero attached hydrogens (tertiary/aromatic N) is 1. The highest BCUT2D eigenvalue weighted by Gasteiger charge is 2.24. The maximum Gasteiger partial charge on any atom is 0.101 e. The maximum absolute atomic E-state index is 2.46. The van der Waals surface area contributed by atoms with Crippen LogP contribution in [-0.4, -0.2) is 19.1 Å². The lowest BCUT2D eigenvalue weighted by molar-refractivity contribution is -0.683. The Bertz CT molecular complexity index is 310. The zero-order valence-electron chi connectivity index (χ0n) is 10.4. The van der Waals surface area contributed by atoms with Crippen molar-refractivity contribution in [3.8, 4) is 0 Å². The van der Waals surface area contributed by atoms with Gasteiger partial charge in [-0.3, -0.25) is 0 Å². The van der Waals surface area contributed by atoms with Crippen LogP contribution in [0, 0.1) is 0 Å². The van der Waals surface area contributed by atoms with Crippen molar-refractivity contribution in [1.82, 2.24) is 0 Å². The summed E-state index contributed by atoms with van der Waals surface area (Å²) in [5, 5.41) is 2.46. The normalized spacial score (nSPS) is 15.1. The number of quaternary nitrogens is 1. The molecule has 1 saturated carbocycles. The van der Waals surface area contributed by atoms with E-state index in [4.69, 9.17) is 0 Å². The predicted octanol–water partition coefficient (Wildman–Crippen LogP) is 1.76.